The molecule has 0 N–H and O–H groups in total. The van der Waals surface area contributed by atoms with E-state index in [2.05, 4.69) is 15.9 Å². The van der Waals surface area contributed by atoms with Crippen molar-refractivity contribution in [3.8, 4) is 5.75 Å². The zero-order chi connectivity index (χ0) is 10.7. The number of alkyl halides is 1. The van der Waals surface area contributed by atoms with Gasteiger partial charge in [0.2, 0.25) is 0 Å². The van der Waals surface area contributed by atoms with Gasteiger partial charge < -0.3 is 4.74 Å². The van der Waals surface area contributed by atoms with Gasteiger partial charge in [-0.25, -0.2) is 0 Å². The van der Waals surface area contributed by atoms with Crippen LogP contribution in [0.15, 0.2) is 28.7 Å². The highest BCUT2D eigenvalue weighted by Crippen LogP contribution is 2.27. The first-order valence-electron chi connectivity index (χ1n) is 5.32. The highest BCUT2D eigenvalue weighted by atomic mass is 79.9. The fraction of sp³-hybridized carbons (Fsp3) is 0.500. The van der Waals surface area contributed by atoms with Crippen LogP contribution in [0, 0.1) is 0 Å². The molecule has 0 saturated heterocycles. The predicted molar refractivity (Wildman–Crippen MR) is 66.7 cm³/mol. The van der Waals surface area contributed by atoms with Crippen molar-refractivity contribution in [1.29, 1.82) is 0 Å². The molecule has 0 aliphatic heterocycles. The second kappa shape index (κ2) is 5.22. The third-order valence-electron chi connectivity index (χ3n) is 2.72. The van der Waals surface area contributed by atoms with E-state index in [1.807, 2.05) is 24.3 Å². The lowest BCUT2D eigenvalue weighted by Gasteiger charge is -2.27. The summed E-state index contributed by atoms with van der Waals surface area (Å²) < 4.78 is 6.94. The van der Waals surface area contributed by atoms with Gasteiger partial charge in [0.1, 0.15) is 11.9 Å². The molecule has 0 heterocycles. The topological polar surface area (TPSA) is 9.23 Å². The minimum atomic E-state index is 0.169. The molecule has 1 aliphatic rings. The summed E-state index contributed by atoms with van der Waals surface area (Å²) in [7, 11) is 0. The summed E-state index contributed by atoms with van der Waals surface area (Å²) in [5.74, 6) is 0.913. The van der Waals surface area contributed by atoms with Crippen LogP contribution in [0.3, 0.4) is 0 Å². The fourth-order valence-corrected chi connectivity index (χ4v) is 2.47. The lowest BCUT2D eigenvalue weighted by molar-refractivity contribution is 0.159. The van der Waals surface area contributed by atoms with E-state index in [1.165, 1.54) is 12.8 Å². The second-order valence-corrected chi connectivity index (χ2v) is 5.39. The molecule has 1 saturated carbocycles. The van der Waals surface area contributed by atoms with E-state index in [0.717, 1.165) is 23.1 Å². The van der Waals surface area contributed by atoms with Gasteiger partial charge >= 0.3 is 0 Å². The average Bonchev–Trinajstić information content (AvgIpc) is 2.25. The van der Waals surface area contributed by atoms with Crippen molar-refractivity contribution in [1.82, 2.24) is 0 Å². The molecular formula is C12H14BrClO. The van der Waals surface area contributed by atoms with E-state index in [1.54, 1.807) is 0 Å². The molecule has 1 nitrogen and oxygen atoms in total. The van der Waals surface area contributed by atoms with Gasteiger partial charge in [-0.1, -0.05) is 22.4 Å². The van der Waals surface area contributed by atoms with E-state index >= 15 is 0 Å². The summed E-state index contributed by atoms with van der Waals surface area (Å²) in [5.41, 5.74) is 0. The van der Waals surface area contributed by atoms with Gasteiger partial charge in [0.05, 0.1) is 5.38 Å². The molecular weight excluding hydrogens is 275 g/mol. The maximum absolute atomic E-state index is 6.23. The van der Waals surface area contributed by atoms with Crippen LogP contribution in [0.2, 0.25) is 0 Å². The minimum absolute atomic E-state index is 0.169. The zero-order valence-electron chi connectivity index (χ0n) is 8.46. The largest absolute Gasteiger partial charge is 0.489 e. The molecule has 1 aliphatic carbocycles. The van der Waals surface area contributed by atoms with E-state index in [4.69, 9.17) is 16.3 Å². The number of ether oxygens (including phenoxy) is 1. The molecule has 0 spiro atoms. The molecule has 3 heteroatoms. The predicted octanol–water partition coefficient (Wildman–Crippen LogP) is 4.38. The molecule has 0 bridgehead atoms. The Labute approximate surface area is 104 Å². The van der Waals surface area contributed by atoms with Crippen LogP contribution in [0.1, 0.15) is 25.7 Å². The quantitative estimate of drug-likeness (QED) is 0.734. The summed E-state index contributed by atoms with van der Waals surface area (Å²) in [6.07, 6.45) is 4.78. The van der Waals surface area contributed by atoms with Crippen LogP contribution in [0.4, 0.5) is 0 Å². The Morgan fingerprint density at radius 2 is 1.80 bits per heavy atom. The summed E-state index contributed by atoms with van der Waals surface area (Å²) in [4.78, 5) is 0. The molecule has 82 valence electrons. The normalized spacial score (nSPS) is 26.3. The van der Waals surface area contributed by atoms with Crippen LogP contribution >= 0.6 is 27.5 Å². The summed E-state index contributed by atoms with van der Waals surface area (Å²) in [6.45, 7) is 0. The van der Waals surface area contributed by atoms with Crippen molar-refractivity contribution in [2.24, 2.45) is 0 Å². The van der Waals surface area contributed by atoms with Crippen LogP contribution in [0.5, 0.6) is 5.75 Å². The van der Waals surface area contributed by atoms with Crippen molar-refractivity contribution >= 4 is 27.5 Å². The number of benzene rings is 1. The van der Waals surface area contributed by atoms with Gasteiger partial charge in [-0.15, -0.1) is 11.6 Å². The maximum Gasteiger partial charge on any atom is 0.119 e. The Hall–Kier alpha value is -0.210. The number of hydrogen-bond acceptors (Lipinski definition) is 1. The third kappa shape index (κ3) is 3.12. The Morgan fingerprint density at radius 3 is 2.47 bits per heavy atom. The van der Waals surface area contributed by atoms with Crippen LogP contribution < -0.4 is 4.74 Å². The maximum atomic E-state index is 6.23. The molecule has 0 radical (unpaired) electrons. The molecule has 0 unspecified atom stereocenters. The standard InChI is InChI=1S/C12H14BrClO/c13-9-5-7-10(8-6-9)15-12-4-2-1-3-11(12)14/h5-8,11-12H,1-4H2/t11-,12+/m1/s1. The first kappa shape index (κ1) is 11.3. The smallest absolute Gasteiger partial charge is 0.119 e. The Kier molecular flexibility index (Phi) is 3.92. The molecule has 1 aromatic rings. The number of rotatable bonds is 2. The number of hydrogen-bond donors (Lipinski definition) is 0. The SMILES string of the molecule is Cl[C@@H]1CCCC[C@@H]1Oc1ccc(Br)cc1. The van der Waals surface area contributed by atoms with E-state index in [-0.39, 0.29) is 11.5 Å². The molecule has 15 heavy (non-hydrogen) atoms. The summed E-state index contributed by atoms with van der Waals surface area (Å²) in [6, 6.07) is 7.92. The summed E-state index contributed by atoms with van der Waals surface area (Å²) >= 11 is 9.63. The van der Waals surface area contributed by atoms with Crippen molar-refractivity contribution in [3.05, 3.63) is 28.7 Å². The minimum Gasteiger partial charge on any atom is -0.489 e. The molecule has 1 aromatic carbocycles. The van der Waals surface area contributed by atoms with Gasteiger partial charge in [0.15, 0.2) is 0 Å². The van der Waals surface area contributed by atoms with Gasteiger partial charge in [-0.3, -0.25) is 0 Å². The molecule has 0 amide bonds. The lowest BCUT2D eigenvalue weighted by atomic mass is 9.97. The van der Waals surface area contributed by atoms with Crippen LogP contribution in [0.25, 0.3) is 0 Å². The first-order valence-corrected chi connectivity index (χ1v) is 6.55. The average molecular weight is 290 g/mol. The van der Waals surface area contributed by atoms with E-state index in [9.17, 15) is 0 Å². The van der Waals surface area contributed by atoms with Crippen molar-refractivity contribution in [2.75, 3.05) is 0 Å². The molecule has 0 aromatic heterocycles. The molecule has 2 atom stereocenters. The summed E-state index contributed by atoms with van der Waals surface area (Å²) in [5, 5.41) is 0.169. The van der Waals surface area contributed by atoms with Crippen LogP contribution in [-0.4, -0.2) is 11.5 Å². The van der Waals surface area contributed by atoms with E-state index in [0.29, 0.717) is 0 Å². The highest BCUT2D eigenvalue weighted by molar-refractivity contribution is 9.10. The third-order valence-corrected chi connectivity index (χ3v) is 3.75. The Balaban J connectivity index is 1.98. The van der Waals surface area contributed by atoms with Crippen molar-refractivity contribution < 1.29 is 4.74 Å². The van der Waals surface area contributed by atoms with Gasteiger partial charge in [-0.2, -0.15) is 0 Å². The monoisotopic (exact) mass is 288 g/mol. The van der Waals surface area contributed by atoms with E-state index < -0.39 is 0 Å². The van der Waals surface area contributed by atoms with Gasteiger partial charge in [0, 0.05) is 4.47 Å². The molecule has 1 fully saturated rings. The second-order valence-electron chi connectivity index (χ2n) is 3.91. The van der Waals surface area contributed by atoms with Gasteiger partial charge in [-0.05, 0) is 43.5 Å². The molecule has 2 rings (SSSR count). The van der Waals surface area contributed by atoms with Gasteiger partial charge in [0.25, 0.3) is 0 Å². The highest BCUT2D eigenvalue weighted by Gasteiger charge is 2.24. The fourth-order valence-electron chi connectivity index (χ4n) is 1.87. The van der Waals surface area contributed by atoms with Crippen molar-refractivity contribution in [2.45, 2.75) is 37.2 Å². The van der Waals surface area contributed by atoms with Crippen LogP contribution in [-0.2, 0) is 0 Å². The Bertz CT molecular complexity index is 312. The van der Waals surface area contributed by atoms with Crippen molar-refractivity contribution in [3.63, 3.8) is 0 Å². The number of halogens is 2. The zero-order valence-corrected chi connectivity index (χ0v) is 10.8. The Morgan fingerprint density at radius 1 is 1.13 bits per heavy atom. The lowest BCUT2D eigenvalue weighted by Crippen LogP contribution is -2.30. The first-order chi connectivity index (χ1) is 7.25.